The molecule has 1 fully saturated rings. The number of likely N-dealkylation sites (tertiary alicyclic amines) is 1. The van der Waals surface area contributed by atoms with E-state index in [4.69, 9.17) is 5.73 Å². The van der Waals surface area contributed by atoms with Crippen molar-refractivity contribution in [1.29, 1.82) is 0 Å². The zero-order valence-electron chi connectivity index (χ0n) is 12.7. The fourth-order valence-electron chi connectivity index (χ4n) is 2.69. The Morgan fingerprint density at radius 2 is 2.29 bits per heavy atom. The monoisotopic (exact) mass is 293 g/mol. The Morgan fingerprint density at radius 1 is 1.52 bits per heavy atom. The van der Waals surface area contributed by atoms with Gasteiger partial charge in [-0.15, -0.1) is 0 Å². The van der Waals surface area contributed by atoms with Gasteiger partial charge in [0.05, 0.1) is 18.7 Å². The number of nitrogens with zero attached hydrogens (tertiary/aromatic N) is 4. The van der Waals surface area contributed by atoms with Crippen molar-refractivity contribution >= 4 is 11.8 Å². The Hall–Kier alpha value is -1.89. The van der Waals surface area contributed by atoms with Gasteiger partial charge in [0, 0.05) is 38.4 Å². The van der Waals surface area contributed by atoms with E-state index in [0.717, 1.165) is 18.4 Å². The van der Waals surface area contributed by atoms with Crippen LogP contribution in [0.15, 0.2) is 12.4 Å². The average Bonchev–Trinajstić information content (AvgIpc) is 2.83. The largest absolute Gasteiger partial charge is 0.369 e. The normalized spacial score (nSPS) is 19.0. The molecule has 2 rings (SSSR count). The number of aromatic nitrogens is 2. The number of piperidine rings is 1. The summed E-state index contributed by atoms with van der Waals surface area (Å²) in [6.07, 6.45) is 5.35. The van der Waals surface area contributed by atoms with Gasteiger partial charge in [0.1, 0.15) is 0 Å². The Bertz CT molecular complexity index is 513. The van der Waals surface area contributed by atoms with Crippen LogP contribution in [0.25, 0.3) is 0 Å². The summed E-state index contributed by atoms with van der Waals surface area (Å²) in [4.78, 5) is 27.2. The lowest BCUT2D eigenvalue weighted by atomic mass is 9.97. The van der Waals surface area contributed by atoms with Crippen molar-refractivity contribution < 1.29 is 9.59 Å². The molecule has 1 aromatic rings. The highest BCUT2D eigenvalue weighted by molar-refractivity contribution is 5.81. The van der Waals surface area contributed by atoms with Crippen molar-refractivity contribution in [2.45, 2.75) is 19.4 Å². The molecule has 7 nitrogen and oxygen atoms in total. The molecule has 1 unspecified atom stereocenters. The van der Waals surface area contributed by atoms with Crippen LogP contribution in [0.5, 0.6) is 0 Å². The molecule has 0 radical (unpaired) electrons. The van der Waals surface area contributed by atoms with Gasteiger partial charge in [0.15, 0.2) is 0 Å². The molecule has 1 saturated heterocycles. The minimum absolute atomic E-state index is 0.0485. The van der Waals surface area contributed by atoms with Gasteiger partial charge in [-0.25, -0.2) is 0 Å². The Kier molecular flexibility index (Phi) is 4.95. The highest BCUT2D eigenvalue weighted by Crippen LogP contribution is 2.16. The Balaban J connectivity index is 1.84. The lowest BCUT2D eigenvalue weighted by Crippen LogP contribution is -2.47. The van der Waals surface area contributed by atoms with Gasteiger partial charge in [-0.05, 0) is 19.9 Å². The summed E-state index contributed by atoms with van der Waals surface area (Å²) >= 11 is 0. The highest BCUT2D eigenvalue weighted by atomic mass is 16.2. The molecule has 0 aliphatic carbocycles. The number of primary amides is 1. The molecule has 2 N–H and O–H groups in total. The zero-order valence-corrected chi connectivity index (χ0v) is 12.7. The molecular formula is C14H23N5O2. The number of hydrogen-bond acceptors (Lipinski definition) is 4. The first-order valence-corrected chi connectivity index (χ1v) is 7.19. The fourth-order valence-corrected chi connectivity index (χ4v) is 2.69. The first-order chi connectivity index (χ1) is 9.95. The Morgan fingerprint density at radius 3 is 2.90 bits per heavy atom. The molecule has 2 heterocycles. The maximum Gasteiger partial charge on any atom is 0.236 e. The summed E-state index contributed by atoms with van der Waals surface area (Å²) in [5.74, 6) is -0.463. The van der Waals surface area contributed by atoms with Crippen molar-refractivity contribution in [3.8, 4) is 0 Å². The molecule has 0 aromatic carbocycles. The Labute approximate surface area is 124 Å². The zero-order chi connectivity index (χ0) is 15.4. The summed E-state index contributed by atoms with van der Waals surface area (Å²) < 4.78 is 1.74. The average molecular weight is 293 g/mol. The number of carbonyl (C=O) groups excluding carboxylic acids is 2. The van der Waals surface area contributed by atoms with E-state index >= 15 is 0 Å². The number of rotatable bonds is 5. The van der Waals surface area contributed by atoms with E-state index in [9.17, 15) is 9.59 Å². The molecular weight excluding hydrogens is 270 g/mol. The fraction of sp³-hybridized carbons (Fsp3) is 0.643. The van der Waals surface area contributed by atoms with E-state index < -0.39 is 0 Å². The van der Waals surface area contributed by atoms with E-state index in [1.54, 1.807) is 15.8 Å². The predicted octanol–water partition coefficient (Wildman–Crippen LogP) is -0.424. The van der Waals surface area contributed by atoms with Crippen molar-refractivity contribution in [3.05, 3.63) is 18.0 Å². The summed E-state index contributed by atoms with van der Waals surface area (Å²) in [6, 6.07) is 0. The van der Waals surface area contributed by atoms with E-state index in [2.05, 4.69) is 5.10 Å². The summed E-state index contributed by atoms with van der Waals surface area (Å²) in [5.41, 5.74) is 6.41. The molecule has 1 aliphatic rings. The molecule has 1 aromatic heterocycles. The van der Waals surface area contributed by atoms with Gasteiger partial charge >= 0.3 is 0 Å². The van der Waals surface area contributed by atoms with Gasteiger partial charge in [0.2, 0.25) is 11.8 Å². The molecule has 1 aliphatic heterocycles. The SMILES string of the molecule is CN(CC(=O)N1CCCC(C(N)=O)C1)Cc1cnn(C)c1. The van der Waals surface area contributed by atoms with Crippen molar-refractivity contribution in [2.75, 3.05) is 26.7 Å². The van der Waals surface area contributed by atoms with E-state index in [1.165, 1.54) is 0 Å². The molecule has 0 bridgehead atoms. The number of amides is 2. The highest BCUT2D eigenvalue weighted by Gasteiger charge is 2.27. The summed E-state index contributed by atoms with van der Waals surface area (Å²) in [5, 5.41) is 4.11. The first-order valence-electron chi connectivity index (χ1n) is 7.19. The third-order valence-corrected chi connectivity index (χ3v) is 3.79. The quantitative estimate of drug-likeness (QED) is 0.799. The van der Waals surface area contributed by atoms with Gasteiger partial charge in [-0.3, -0.25) is 19.2 Å². The van der Waals surface area contributed by atoms with Crippen LogP contribution in [0.3, 0.4) is 0 Å². The maximum absolute atomic E-state index is 12.3. The topological polar surface area (TPSA) is 84.5 Å². The molecule has 0 saturated carbocycles. The van der Waals surface area contributed by atoms with Crippen LogP contribution >= 0.6 is 0 Å². The van der Waals surface area contributed by atoms with Gasteiger partial charge < -0.3 is 10.6 Å². The maximum atomic E-state index is 12.3. The van der Waals surface area contributed by atoms with Crippen molar-refractivity contribution in [2.24, 2.45) is 18.7 Å². The van der Waals surface area contributed by atoms with Crippen molar-refractivity contribution in [3.63, 3.8) is 0 Å². The number of nitrogens with two attached hydrogens (primary N) is 1. The summed E-state index contributed by atoms with van der Waals surface area (Å²) in [6.45, 7) is 2.17. The van der Waals surface area contributed by atoms with E-state index in [0.29, 0.717) is 26.2 Å². The first kappa shape index (κ1) is 15.5. The van der Waals surface area contributed by atoms with Crippen molar-refractivity contribution in [1.82, 2.24) is 19.6 Å². The number of hydrogen-bond donors (Lipinski definition) is 1. The van der Waals surface area contributed by atoms with Crippen LogP contribution in [0, 0.1) is 5.92 Å². The smallest absolute Gasteiger partial charge is 0.236 e. The van der Waals surface area contributed by atoms with E-state index in [-0.39, 0.29) is 17.7 Å². The predicted molar refractivity (Wildman–Crippen MR) is 78.0 cm³/mol. The lowest BCUT2D eigenvalue weighted by Gasteiger charge is -2.32. The van der Waals surface area contributed by atoms with Crippen LogP contribution < -0.4 is 5.73 Å². The molecule has 7 heteroatoms. The second-order valence-corrected chi connectivity index (χ2v) is 5.78. The third kappa shape index (κ3) is 4.29. The van der Waals surface area contributed by atoms with Crippen LogP contribution in [-0.2, 0) is 23.2 Å². The van der Waals surface area contributed by atoms with Crippen LogP contribution in [-0.4, -0.2) is 58.1 Å². The summed E-state index contributed by atoms with van der Waals surface area (Å²) in [7, 11) is 3.77. The molecule has 1 atom stereocenters. The number of likely N-dealkylation sites (N-methyl/N-ethyl adjacent to an activating group) is 1. The number of carbonyl (C=O) groups is 2. The van der Waals surface area contributed by atoms with E-state index in [1.807, 2.05) is 25.2 Å². The minimum atomic E-state index is -0.309. The van der Waals surface area contributed by atoms with Crippen LogP contribution in [0.4, 0.5) is 0 Å². The molecule has 21 heavy (non-hydrogen) atoms. The van der Waals surface area contributed by atoms with Gasteiger partial charge in [-0.1, -0.05) is 0 Å². The molecule has 116 valence electrons. The second-order valence-electron chi connectivity index (χ2n) is 5.78. The van der Waals surface area contributed by atoms with Crippen LogP contribution in [0.1, 0.15) is 18.4 Å². The molecule has 0 spiro atoms. The standard InChI is InChI=1S/C14H23N5O2/c1-17(7-11-6-16-18(2)8-11)10-13(20)19-5-3-4-12(9-19)14(15)21/h6,8,12H,3-5,7,9-10H2,1-2H3,(H2,15,21). The lowest BCUT2D eigenvalue weighted by molar-refractivity contribution is -0.135. The molecule has 2 amide bonds. The number of aryl methyl sites for hydroxylation is 1. The second kappa shape index (κ2) is 6.71. The minimum Gasteiger partial charge on any atom is -0.369 e. The third-order valence-electron chi connectivity index (χ3n) is 3.79. The van der Waals surface area contributed by atoms with Gasteiger partial charge in [0.25, 0.3) is 0 Å². The van der Waals surface area contributed by atoms with Crippen LogP contribution in [0.2, 0.25) is 0 Å². The van der Waals surface area contributed by atoms with Gasteiger partial charge in [-0.2, -0.15) is 5.10 Å².